The van der Waals surface area contributed by atoms with Gasteiger partial charge in [0.1, 0.15) is 5.60 Å². The van der Waals surface area contributed by atoms with E-state index in [0.29, 0.717) is 5.92 Å². The van der Waals surface area contributed by atoms with Gasteiger partial charge in [-0.3, -0.25) is 0 Å². The number of hydrogen-bond donors (Lipinski definition) is 1. The van der Waals surface area contributed by atoms with Gasteiger partial charge < -0.3 is 15.0 Å². The van der Waals surface area contributed by atoms with Crippen molar-refractivity contribution in [2.45, 2.75) is 45.6 Å². The van der Waals surface area contributed by atoms with Crippen molar-refractivity contribution in [2.24, 2.45) is 11.3 Å². The molecule has 0 aliphatic carbocycles. The van der Waals surface area contributed by atoms with Crippen LogP contribution in [0, 0.1) is 11.3 Å². The van der Waals surface area contributed by atoms with Gasteiger partial charge in [0.2, 0.25) is 0 Å². The Kier molecular flexibility index (Phi) is 4.86. The van der Waals surface area contributed by atoms with Crippen LogP contribution >= 0.6 is 0 Å². The minimum atomic E-state index is -0.435. The molecule has 2 saturated heterocycles. The van der Waals surface area contributed by atoms with Crippen molar-refractivity contribution in [3.05, 3.63) is 35.9 Å². The largest absolute Gasteiger partial charge is 0.444 e. The molecule has 2 aliphatic heterocycles. The van der Waals surface area contributed by atoms with E-state index in [1.54, 1.807) is 0 Å². The molecule has 0 radical (unpaired) electrons. The molecule has 2 aliphatic rings. The fourth-order valence-corrected chi connectivity index (χ4v) is 4.21. The second-order valence-corrected chi connectivity index (χ2v) is 8.37. The smallest absolute Gasteiger partial charge is 0.410 e. The third-order valence-electron chi connectivity index (χ3n) is 5.33. The number of nitrogens with zero attached hydrogens (tertiary/aromatic N) is 1. The van der Waals surface area contributed by atoms with Gasteiger partial charge in [0.05, 0.1) is 0 Å². The first-order valence-corrected chi connectivity index (χ1v) is 9.11. The van der Waals surface area contributed by atoms with E-state index in [4.69, 9.17) is 4.74 Å². The van der Waals surface area contributed by atoms with Crippen LogP contribution < -0.4 is 5.32 Å². The number of fused-ring (bicyclic) bond motifs is 1. The van der Waals surface area contributed by atoms with E-state index < -0.39 is 5.60 Å². The molecule has 132 valence electrons. The SMILES string of the molecule is CC(C)(C)OC(=O)N1C[C@@H]2CCNCC[C@]2(Cc2ccccc2)C1. The first-order chi connectivity index (χ1) is 11.4. The molecule has 1 amide bonds. The molecule has 0 spiro atoms. The maximum atomic E-state index is 12.6. The van der Waals surface area contributed by atoms with Crippen molar-refractivity contribution in [3.63, 3.8) is 0 Å². The predicted molar refractivity (Wildman–Crippen MR) is 96.0 cm³/mol. The van der Waals surface area contributed by atoms with Crippen molar-refractivity contribution in [2.75, 3.05) is 26.2 Å². The molecule has 0 bridgehead atoms. The van der Waals surface area contributed by atoms with Crippen LogP contribution in [-0.2, 0) is 11.2 Å². The summed E-state index contributed by atoms with van der Waals surface area (Å²) in [4.78, 5) is 14.5. The molecule has 0 saturated carbocycles. The maximum absolute atomic E-state index is 12.6. The number of rotatable bonds is 2. The van der Waals surface area contributed by atoms with Crippen molar-refractivity contribution < 1.29 is 9.53 Å². The summed E-state index contributed by atoms with van der Waals surface area (Å²) in [6.07, 6.45) is 3.13. The Morgan fingerprint density at radius 1 is 1.29 bits per heavy atom. The van der Waals surface area contributed by atoms with Crippen LogP contribution in [0.15, 0.2) is 30.3 Å². The van der Waals surface area contributed by atoms with Gasteiger partial charge in [0, 0.05) is 13.1 Å². The fraction of sp³-hybridized carbons (Fsp3) is 0.650. The summed E-state index contributed by atoms with van der Waals surface area (Å²) in [7, 11) is 0. The van der Waals surface area contributed by atoms with E-state index in [2.05, 4.69) is 35.6 Å². The summed E-state index contributed by atoms with van der Waals surface area (Å²) < 4.78 is 5.63. The van der Waals surface area contributed by atoms with Gasteiger partial charge in [-0.1, -0.05) is 30.3 Å². The van der Waals surface area contributed by atoms with E-state index in [-0.39, 0.29) is 11.5 Å². The van der Waals surface area contributed by atoms with Crippen LogP contribution in [0.2, 0.25) is 0 Å². The Morgan fingerprint density at radius 3 is 2.75 bits per heavy atom. The molecule has 1 aromatic carbocycles. The fourth-order valence-electron chi connectivity index (χ4n) is 4.21. The lowest BCUT2D eigenvalue weighted by molar-refractivity contribution is 0.0269. The molecule has 0 unspecified atom stereocenters. The molecule has 2 atom stereocenters. The van der Waals surface area contributed by atoms with E-state index in [0.717, 1.165) is 45.4 Å². The number of benzene rings is 1. The predicted octanol–water partition coefficient (Wildman–Crippen LogP) is 3.47. The number of likely N-dealkylation sites (tertiary alicyclic amines) is 1. The highest BCUT2D eigenvalue weighted by Gasteiger charge is 2.48. The molecule has 3 rings (SSSR count). The van der Waals surface area contributed by atoms with Gasteiger partial charge in [0.25, 0.3) is 0 Å². The van der Waals surface area contributed by atoms with E-state index in [9.17, 15) is 4.79 Å². The molecule has 1 aromatic rings. The maximum Gasteiger partial charge on any atom is 0.410 e. The Morgan fingerprint density at radius 2 is 2.04 bits per heavy atom. The zero-order valence-electron chi connectivity index (χ0n) is 15.2. The average Bonchev–Trinajstić information content (AvgIpc) is 2.75. The molecular formula is C20H30N2O2. The second-order valence-electron chi connectivity index (χ2n) is 8.37. The number of nitrogens with one attached hydrogen (secondary N) is 1. The van der Waals surface area contributed by atoms with Gasteiger partial charge in [-0.05, 0) is 70.0 Å². The van der Waals surface area contributed by atoms with Crippen molar-refractivity contribution in [1.82, 2.24) is 10.2 Å². The zero-order valence-corrected chi connectivity index (χ0v) is 15.2. The standard InChI is InChI=1S/C20H30N2O2/c1-19(2,3)24-18(23)22-14-17-9-11-21-12-10-20(17,15-22)13-16-7-5-4-6-8-16/h4-8,17,21H,9-15H2,1-3H3/t17-,20-/m0/s1. The molecule has 24 heavy (non-hydrogen) atoms. The van der Waals surface area contributed by atoms with Crippen molar-refractivity contribution in [1.29, 1.82) is 0 Å². The number of carbonyl (C=O) groups is 1. The first kappa shape index (κ1) is 17.3. The lowest BCUT2D eigenvalue weighted by atomic mass is 9.70. The van der Waals surface area contributed by atoms with Crippen LogP contribution in [0.5, 0.6) is 0 Å². The minimum absolute atomic E-state index is 0.157. The number of carbonyl (C=O) groups excluding carboxylic acids is 1. The van der Waals surface area contributed by atoms with Crippen molar-refractivity contribution in [3.8, 4) is 0 Å². The minimum Gasteiger partial charge on any atom is -0.444 e. The van der Waals surface area contributed by atoms with Crippen LogP contribution in [0.25, 0.3) is 0 Å². The van der Waals surface area contributed by atoms with Gasteiger partial charge in [-0.2, -0.15) is 0 Å². The number of hydrogen-bond acceptors (Lipinski definition) is 3. The quantitative estimate of drug-likeness (QED) is 0.903. The average molecular weight is 330 g/mol. The monoisotopic (exact) mass is 330 g/mol. The lowest BCUT2D eigenvalue weighted by Gasteiger charge is -2.33. The molecule has 4 nitrogen and oxygen atoms in total. The van der Waals surface area contributed by atoms with Gasteiger partial charge in [-0.15, -0.1) is 0 Å². The lowest BCUT2D eigenvalue weighted by Crippen LogP contribution is -2.38. The van der Waals surface area contributed by atoms with E-state index in [1.165, 1.54) is 5.56 Å². The molecule has 2 fully saturated rings. The highest BCUT2D eigenvalue weighted by molar-refractivity contribution is 5.68. The van der Waals surface area contributed by atoms with Gasteiger partial charge in [0.15, 0.2) is 0 Å². The van der Waals surface area contributed by atoms with E-state index >= 15 is 0 Å². The van der Waals surface area contributed by atoms with Gasteiger partial charge >= 0.3 is 6.09 Å². The zero-order chi connectivity index (χ0) is 17.2. The van der Waals surface area contributed by atoms with Crippen LogP contribution in [0.1, 0.15) is 39.2 Å². The highest BCUT2D eigenvalue weighted by Crippen LogP contribution is 2.45. The summed E-state index contributed by atoms with van der Waals surface area (Å²) >= 11 is 0. The Balaban J connectivity index is 1.79. The summed E-state index contributed by atoms with van der Waals surface area (Å²) in [5.41, 5.74) is 1.10. The summed E-state index contributed by atoms with van der Waals surface area (Å²) in [6.45, 7) is 9.51. The third-order valence-corrected chi connectivity index (χ3v) is 5.33. The topological polar surface area (TPSA) is 41.6 Å². The normalized spacial score (nSPS) is 27.5. The first-order valence-electron chi connectivity index (χ1n) is 9.11. The van der Waals surface area contributed by atoms with Gasteiger partial charge in [-0.25, -0.2) is 4.79 Å². The number of amides is 1. The number of ether oxygens (including phenoxy) is 1. The summed E-state index contributed by atoms with van der Waals surface area (Å²) in [6, 6.07) is 10.7. The summed E-state index contributed by atoms with van der Waals surface area (Å²) in [5, 5.41) is 3.53. The van der Waals surface area contributed by atoms with Crippen LogP contribution in [-0.4, -0.2) is 42.8 Å². The Bertz CT molecular complexity index is 567. The molecule has 4 heteroatoms. The third kappa shape index (κ3) is 3.92. The summed E-state index contributed by atoms with van der Waals surface area (Å²) in [5.74, 6) is 0.542. The Labute approximate surface area is 145 Å². The molecular weight excluding hydrogens is 300 g/mol. The van der Waals surface area contributed by atoms with Crippen LogP contribution in [0.3, 0.4) is 0 Å². The molecule has 2 heterocycles. The Hall–Kier alpha value is -1.55. The second kappa shape index (κ2) is 6.75. The highest BCUT2D eigenvalue weighted by atomic mass is 16.6. The molecule has 0 aromatic heterocycles. The van der Waals surface area contributed by atoms with E-state index in [1.807, 2.05) is 25.7 Å². The molecule has 1 N–H and O–H groups in total. The van der Waals surface area contributed by atoms with Crippen LogP contribution in [0.4, 0.5) is 4.79 Å². The van der Waals surface area contributed by atoms with Crippen molar-refractivity contribution >= 4 is 6.09 Å².